The van der Waals surface area contributed by atoms with Gasteiger partial charge in [-0.3, -0.25) is 4.79 Å². The summed E-state index contributed by atoms with van der Waals surface area (Å²) in [6.07, 6.45) is 1.44. The zero-order chi connectivity index (χ0) is 15.1. The van der Waals surface area contributed by atoms with Crippen molar-refractivity contribution < 1.29 is 13.6 Å². The van der Waals surface area contributed by atoms with E-state index in [9.17, 15) is 13.6 Å². The van der Waals surface area contributed by atoms with Crippen molar-refractivity contribution in [2.45, 2.75) is 0 Å². The van der Waals surface area contributed by atoms with Crippen molar-refractivity contribution in [3.63, 3.8) is 0 Å². The van der Waals surface area contributed by atoms with E-state index in [1.807, 2.05) is 0 Å². The first-order valence-electron chi connectivity index (χ1n) is 6.04. The summed E-state index contributed by atoms with van der Waals surface area (Å²) in [5.74, 6) is -2.44. The first kappa shape index (κ1) is 13.6. The molecule has 3 nitrogen and oxygen atoms in total. The van der Waals surface area contributed by atoms with Crippen molar-refractivity contribution in [2.24, 2.45) is 0 Å². The molecule has 0 amide bonds. The molecule has 0 spiro atoms. The molecule has 0 aliphatic heterocycles. The summed E-state index contributed by atoms with van der Waals surface area (Å²) >= 11 is 6.01. The number of nitrogens with two attached hydrogens (primary N) is 1. The molecule has 2 aromatic carbocycles. The van der Waals surface area contributed by atoms with Gasteiger partial charge in [-0.2, -0.15) is 0 Å². The van der Waals surface area contributed by atoms with Crippen LogP contribution in [-0.2, 0) is 0 Å². The van der Waals surface area contributed by atoms with E-state index < -0.39 is 17.4 Å². The summed E-state index contributed by atoms with van der Waals surface area (Å²) in [4.78, 5) is 15.3. The van der Waals surface area contributed by atoms with Gasteiger partial charge in [0.1, 0.15) is 11.6 Å². The highest BCUT2D eigenvalue weighted by Crippen LogP contribution is 2.28. The van der Waals surface area contributed by atoms with Crippen LogP contribution in [0.3, 0.4) is 0 Å². The van der Waals surface area contributed by atoms with E-state index in [0.29, 0.717) is 22.0 Å². The van der Waals surface area contributed by atoms with Crippen LogP contribution in [-0.4, -0.2) is 10.8 Å². The number of aromatic amines is 1. The highest BCUT2D eigenvalue weighted by molar-refractivity contribution is 6.35. The van der Waals surface area contributed by atoms with Crippen molar-refractivity contribution >= 4 is 34.0 Å². The molecule has 3 aromatic rings. The molecule has 0 saturated heterocycles. The third-order valence-corrected chi connectivity index (χ3v) is 3.56. The van der Waals surface area contributed by atoms with Crippen LogP contribution in [0.25, 0.3) is 10.9 Å². The minimum Gasteiger partial charge on any atom is -0.396 e. The predicted octanol–water partition coefficient (Wildman–Crippen LogP) is 3.91. The van der Waals surface area contributed by atoms with E-state index in [0.717, 1.165) is 6.07 Å². The lowest BCUT2D eigenvalue weighted by Crippen LogP contribution is -2.06. The second-order valence-electron chi connectivity index (χ2n) is 4.55. The average molecular weight is 307 g/mol. The molecule has 3 N–H and O–H groups in total. The van der Waals surface area contributed by atoms with Gasteiger partial charge in [-0.05, 0) is 12.1 Å². The number of carbonyl (C=O) groups is 1. The van der Waals surface area contributed by atoms with E-state index in [-0.39, 0.29) is 16.8 Å². The quantitative estimate of drug-likeness (QED) is 0.557. The van der Waals surface area contributed by atoms with Gasteiger partial charge in [0.2, 0.25) is 0 Å². The predicted molar refractivity (Wildman–Crippen MR) is 77.5 cm³/mol. The number of para-hydroxylation sites is 1. The maximum atomic E-state index is 13.8. The molecule has 1 heterocycles. The highest BCUT2D eigenvalue weighted by Gasteiger charge is 2.20. The average Bonchev–Trinajstić information content (AvgIpc) is 2.87. The Labute approximate surface area is 123 Å². The van der Waals surface area contributed by atoms with Gasteiger partial charge in [-0.15, -0.1) is 0 Å². The molecule has 6 heteroatoms. The van der Waals surface area contributed by atoms with Crippen molar-refractivity contribution in [1.82, 2.24) is 4.98 Å². The summed E-state index contributed by atoms with van der Waals surface area (Å²) in [5, 5.41) is 1.01. The van der Waals surface area contributed by atoms with Crippen LogP contribution < -0.4 is 5.73 Å². The first-order valence-corrected chi connectivity index (χ1v) is 6.41. The second kappa shape index (κ2) is 4.86. The lowest BCUT2D eigenvalue weighted by atomic mass is 10.0. The SMILES string of the molecule is Nc1cc(C(=O)c2c[nH]c3c(Cl)cccc23)c(F)cc1F. The molecule has 0 atom stereocenters. The van der Waals surface area contributed by atoms with Gasteiger partial charge in [0.05, 0.1) is 21.8 Å². The number of aromatic nitrogens is 1. The Morgan fingerprint density at radius 2 is 1.90 bits per heavy atom. The van der Waals surface area contributed by atoms with Gasteiger partial charge in [-0.1, -0.05) is 23.7 Å². The van der Waals surface area contributed by atoms with Gasteiger partial charge in [-0.25, -0.2) is 8.78 Å². The summed E-state index contributed by atoms with van der Waals surface area (Å²) < 4.78 is 27.0. The van der Waals surface area contributed by atoms with E-state index in [2.05, 4.69) is 4.98 Å². The number of rotatable bonds is 2. The van der Waals surface area contributed by atoms with E-state index in [4.69, 9.17) is 17.3 Å². The van der Waals surface area contributed by atoms with Crippen LogP contribution >= 0.6 is 11.6 Å². The minimum absolute atomic E-state index is 0.248. The van der Waals surface area contributed by atoms with E-state index in [1.165, 1.54) is 6.20 Å². The Hall–Kier alpha value is -2.40. The Morgan fingerprint density at radius 3 is 2.67 bits per heavy atom. The van der Waals surface area contributed by atoms with Crippen molar-refractivity contribution in [3.8, 4) is 0 Å². The second-order valence-corrected chi connectivity index (χ2v) is 4.95. The van der Waals surface area contributed by atoms with Gasteiger partial charge < -0.3 is 10.7 Å². The van der Waals surface area contributed by atoms with Gasteiger partial charge in [0, 0.05) is 23.2 Å². The normalized spacial score (nSPS) is 11.0. The van der Waals surface area contributed by atoms with Crippen LogP contribution in [0.5, 0.6) is 0 Å². The molecule has 0 bridgehead atoms. The minimum atomic E-state index is -0.955. The lowest BCUT2D eigenvalue weighted by Gasteiger charge is -2.04. The Bertz CT molecular complexity index is 873. The Kier molecular flexibility index (Phi) is 3.14. The largest absolute Gasteiger partial charge is 0.396 e. The molecule has 0 radical (unpaired) electrons. The molecule has 0 aliphatic rings. The van der Waals surface area contributed by atoms with Crippen LogP contribution in [0.4, 0.5) is 14.5 Å². The smallest absolute Gasteiger partial charge is 0.198 e. The molecule has 0 aliphatic carbocycles. The monoisotopic (exact) mass is 306 g/mol. The standard InChI is InChI=1S/C15H9ClF2N2O/c16-10-3-1-2-7-9(6-20-14(7)10)15(21)8-4-13(19)12(18)5-11(8)17/h1-6,20H,19H2. The summed E-state index contributed by atoms with van der Waals surface area (Å²) in [7, 11) is 0. The Morgan fingerprint density at radius 1 is 1.14 bits per heavy atom. The number of halogens is 3. The van der Waals surface area contributed by atoms with Crippen molar-refractivity contribution in [1.29, 1.82) is 0 Å². The number of fused-ring (bicyclic) bond motifs is 1. The number of hydrogen-bond acceptors (Lipinski definition) is 2. The molecule has 0 saturated carbocycles. The van der Waals surface area contributed by atoms with E-state index >= 15 is 0 Å². The molecule has 106 valence electrons. The van der Waals surface area contributed by atoms with Crippen molar-refractivity contribution in [3.05, 3.63) is 64.3 Å². The summed E-state index contributed by atoms with van der Waals surface area (Å²) in [5.41, 5.74) is 5.66. The molecular formula is C15H9ClF2N2O. The summed E-state index contributed by atoms with van der Waals surface area (Å²) in [6.45, 7) is 0. The van der Waals surface area contributed by atoms with Crippen LogP contribution in [0.1, 0.15) is 15.9 Å². The Balaban J connectivity index is 2.18. The topological polar surface area (TPSA) is 58.9 Å². The zero-order valence-corrected chi connectivity index (χ0v) is 11.3. The molecule has 3 rings (SSSR count). The maximum Gasteiger partial charge on any atom is 0.198 e. The summed E-state index contributed by atoms with van der Waals surface area (Å²) in [6, 6.07) is 6.65. The number of nitrogen functional groups attached to an aromatic ring is 1. The number of hydrogen-bond donors (Lipinski definition) is 2. The molecule has 1 aromatic heterocycles. The van der Waals surface area contributed by atoms with Crippen LogP contribution in [0.15, 0.2) is 36.5 Å². The van der Waals surface area contributed by atoms with Gasteiger partial charge in [0.15, 0.2) is 5.78 Å². The fraction of sp³-hybridized carbons (Fsp3) is 0. The van der Waals surface area contributed by atoms with Crippen LogP contribution in [0, 0.1) is 11.6 Å². The maximum absolute atomic E-state index is 13.8. The lowest BCUT2D eigenvalue weighted by molar-refractivity contribution is 0.103. The number of H-pyrrole nitrogens is 1. The molecule has 0 unspecified atom stereocenters. The fourth-order valence-corrected chi connectivity index (χ4v) is 2.42. The van der Waals surface area contributed by atoms with E-state index in [1.54, 1.807) is 18.2 Å². The van der Waals surface area contributed by atoms with Crippen molar-refractivity contribution in [2.75, 3.05) is 5.73 Å². The van der Waals surface area contributed by atoms with Gasteiger partial charge >= 0.3 is 0 Å². The number of carbonyl (C=O) groups excluding carboxylic acids is 1. The fourth-order valence-electron chi connectivity index (χ4n) is 2.19. The zero-order valence-electron chi connectivity index (χ0n) is 10.6. The highest BCUT2D eigenvalue weighted by atomic mass is 35.5. The number of anilines is 1. The molecular weight excluding hydrogens is 298 g/mol. The number of nitrogens with one attached hydrogen (secondary N) is 1. The number of benzene rings is 2. The molecule has 21 heavy (non-hydrogen) atoms. The third-order valence-electron chi connectivity index (χ3n) is 3.24. The molecule has 0 fully saturated rings. The first-order chi connectivity index (χ1) is 9.99. The van der Waals surface area contributed by atoms with Gasteiger partial charge in [0.25, 0.3) is 0 Å². The third kappa shape index (κ3) is 2.15. The number of ketones is 1. The van der Waals surface area contributed by atoms with Crippen LogP contribution in [0.2, 0.25) is 5.02 Å².